The molecule has 20 heavy (non-hydrogen) atoms. The van der Waals surface area contributed by atoms with E-state index in [1.54, 1.807) is 11.3 Å². The van der Waals surface area contributed by atoms with E-state index in [2.05, 4.69) is 10.2 Å². The molecular formula is C13H15N3O3S. The monoisotopic (exact) mass is 293 g/mol. The number of rotatable bonds is 4. The highest BCUT2D eigenvalue weighted by atomic mass is 32.1. The van der Waals surface area contributed by atoms with Gasteiger partial charge in [0, 0.05) is 17.8 Å². The lowest BCUT2D eigenvalue weighted by Crippen LogP contribution is -2.38. The standard InChI is InChI=1S/C13H15N3O3S/c1-2-10-14-15-11(19-10)7-16-5-3-9-8(4-6-20-9)12(16)13(17)18/h4,6,12H,2-3,5,7H2,1H3,(H,17,18). The van der Waals surface area contributed by atoms with Gasteiger partial charge in [0.05, 0.1) is 6.54 Å². The van der Waals surface area contributed by atoms with Crippen molar-refractivity contribution in [2.75, 3.05) is 6.54 Å². The minimum atomic E-state index is -0.834. The first-order valence-electron chi connectivity index (χ1n) is 6.53. The number of hydrogen-bond acceptors (Lipinski definition) is 6. The summed E-state index contributed by atoms with van der Waals surface area (Å²) in [6.07, 6.45) is 1.55. The molecule has 0 bridgehead atoms. The molecule has 3 rings (SSSR count). The summed E-state index contributed by atoms with van der Waals surface area (Å²) in [5, 5.41) is 19.3. The number of nitrogens with zero attached hydrogens (tertiary/aromatic N) is 3. The van der Waals surface area contributed by atoms with Gasteiger partial charge in [0.2, 0.25) is 11.8 Å². The molecule has 1 N–H and O–H groups in total. The summed E-state index contributed by atoms with van der Waals surface area (Å²) in [6, 6.07) is 1.28. The lowest BCUT2D eigenvalue weighted by Gasteiger charge is -2.31. The smallest absolute Gasteiger partial charge is 0.325 e. The molecule has 2 aromatic rings. The van der Waals surface area contributed by atoms with Gasteiger partial charge >= 0.3 is 5.97 Å². The number of aromatic nitrogens is 2. The fourth-order valence-corrected chi connectivity index (χ4v) is 3.40. The molecule has 106 valence electrons. The molecule has 0 amide bonds. The van der Waals surface area contributed by atoms with Crippen molar-refractivity contribution in [2.45, 2.75) is 32.4 Å². The number of carboxylic acids is 1. The van der Waals surface area contributed by atoms with Crippen LogP contribution in [0.5, 0.6) is 0 Å². The minimum Gasteiger partial charge on any atom is -0.480 e. The largest absolute Gasteiger partial charge is 0.480 e. The summed E-state index contributed by atoms with van der Waals surface area (Å²) in [7, 11) is 0. The average molecular weight is 293 g/mol. The van der Waals surface area contributed by atoms with E-state index in [1.807, 2.05) is 23.3 Å². The van der Waals surface area contributed by atoms with Crippen molar-refractivity contribution in [1.82, 2.24) is 15.1 Å². The van der Waals surface area contributed by atoms with Crippen LogP contribution in [0.15, 0.2) is 15.9 Å². The first kappa shape index (κ1) is 13.3. The van der Waals surface area contributed by atoms with Crippen molar-refractivity contribution < 1.29 is 14.3 Å². The fourth-order valence-electron chi connectivity index (χ4n) is 2.50. The third-order valence-electron chi connectivity index (χ3n) is 3.45. The lowest BCUT2D eigenvalue weighted by atomic mass is 10.0. The Morgan fingerprint density at radius 3 is 3.05 bits per heavy atom. The van der Waals surface area contributed by atoms with E-state index < -0.39 is 12.0 Å². The van der Waals surface area contributed by atoms with Crippen LogP contribution in [-0.4, -0.2) is 32.7 Å². The van der Waals surface area contributed by atoms with Crippen LogP contribution in [-0.2, 0) is 24.2 Å². The first-order valence-corrected chi connectivity index (χ1v) is 7.41. The van der Waals surface area contributed by atoms with Gasteiger partial charge in [0.25, 0.3) is 0 Å². The van der Waals surface area contributed by atoms with Crippen molar-refractivity contribution >= 4 is 17.3 Å². The normalized spacial score (nSPS) is 18.9. The Balaban J connectivity index is 1.84. The van der Waals surface area contributed by atoms with Gasteiger partial charge in [-0.05, 0) is 23.4 Å². The Bertz CT molecular complexity index is 622. The van der Waals surface area contributed by atoms with Crippen LogP contribution in [0.1, 0.15) is 35.2 Å². The van der Waals surface area contributed by atoms with Crippen molar-refractivity contribution in [3.63, 3.8) is 0 Å². The maximum atomic E-state index is 11.6. The molecule has 1 atom stereocenters. The van der Waals surface area contributed by atoms with Gasteiger partial charge in [-0.3, -0.25) is 9.69 Å². The first-order chi connectivity index (χ1) is 9.69. The Morgan fingerprint density at radius 1 is 1.55 bits per heavy atom. The molecular weight excluding hydrogens is 278 g/mol. The van der Waals surface area contributed by atoms with Gasteiger partial charge in [0.15, 0.2) is 0 Å². The molecule has 0 fully saturated rings. The van der Waals surface area contributed by atoms with E-state index in [1.165, 1.54) is 0 Å². The number of aliphatic carboxylic acids is 1. The highest BCUT2D eigenvalue weighted by Gasteiger charge is 2.34. The van der Waals surface area contributed by atoms with Crippen LogP contribution in [0.2, 0.25) is 0 Å². The summed E-state index contributed by atoms with van der Waals surface area (Å²) in [5.74, 6) is 0.228. The molecule has 7 heteroatoms. The minimum absolute atomic E-state index is 0.374. The molecule has 6 nitrogen and oxygen atoms in total. The average Bonchev–Trinajstić information content (AvgIpc) is 3.06. The Morgan fingerprint density at radius 2 is 2.35 bits per heavy atom. The van der Waals surface area contributed by atoms with Crippen molar-refractivity contribution in [2.24, 2.45) is 0 Å². The topological polar surface area (TPSA) is 79.5 Å². The quantitative estimate of drug-likeness (QED) is 0.927. The van der Waals surface area contributed by atoms with Crippen molar-refractivity contribution in [3.8, 4) is 0 Å². The third kappa shape index (κ3) is 2.34. The van der Waals surface area contributed by atoms with Crippen LogP contribution < -0.4 is 0 Å². The number of thiophene rings is 1. The predicted molar refractivity (Wildman–Crippen MR) is 72.5 cm³/mol. The second-order valence-corrected chi connectivity index (χ2v) is 5.70. The zero-order valence-corrected chi connectivity index (χ0v) is 11.9. The molecule has 1 aliphatic rings. The number of fused-ring (bicyclic) bond motifs is 1. The summed E-state index contributed by atoms with van der Waals surface area (Å²) >= 11 is 1.62. The molecule has 0 saturated heterocycles. The zero-order chi connectivity index (χ0) is 14.1. The SMILES string of the molecule is CCc1nnc(CN2CCc3sccc3C2C(=O)O)o1. The van der Waals surface area contributed by atoms with Crippen LogP contribution in [0.4, 0.5) is 0 Å². The van der Waals surface area contributed by atoms with Gasteiger partial charge in [-0.25, -0.2) is 0 Å². The summed E-state index contributed by atoms with van der Waals surface area (Å²) < 4.78 is 5.48. The molecule has 1 aliphatic heterocycles. The van der Waals surface area contributed by atoms with E-state index >= 15 is 0 Å². The Kier molecular flexibility index (Phi) is 3.54. The van der Waals surface area contributed by atoms with Gasteiger partial charge in [-0.1, -0.05) is 6.92 Å². The Hall–Kier alpha value is -1.73. The predicted octanol–water partition coefficient (Wildman–Crippen LogP) is 1.88. The molecule has 3 heterocycles. The van der Waals surface area contributed by atoms with Crippen molar-refractivity contribution in [3.05, 3.63) is 33.7 Å². The van der Waals surface area contributed by atoms with Crippen LogP contribution >= 0.6 is 11.3 Å². The molecule has 0 aliphatic carbocycles. The van der Waals surface area contributed by atoms with E-state index in [0.717, 1.165) is 16.9 Å². The summed E-state index contributed by atoms with van der Waals surface area (Å²) in [6.45, 7) is 3.00. The Labute approximate surface area is 120 Å². The molecule has 0 spiro atoms. The van der Waals surface area contributed by atoms with Gasteiger partial charge in [-0.15, -0.1) is 21.5 Å². The molecule has 0 radical (unpaired) electrons. The molecule has 2 aromatic heterocycles. The number of carbonyl (C=O) groups is 1. The summed E-state index contributed by atoms with van der Waals surface area (Å²) in [5.41, 5.74) is 0.893. The van der Waals surface area contributed by atoms with Crippen molar-refractivity contribution in [1.29, 1.82) is 0 Å². The maximum Gasteiger partial charge on any atom is 0.325 e. The zero-order valence-electron chi connectivity index (χ0n) is 11.1. The van der Waals surface area contributed by atoms with E-state index in [4.69, 9.17) is 4.42 Å². The molecule has 0 aromatic carbocycles. The van der Waals surface area contributed by atoms with Crippen LogP contribution in [0, 0.1) is 0 Å². The lowest BCUT2D eigenvalue weighted by molar-refractivity contribution is -0.144. The van der Waals surface area contributed by atoms with E-state index in [0.29, 0.717) is 31.3 Å². The van der Waals surface area contributed by atoms with E-state index in [-0.39, 0.29) is 0 Å². The van der Waals surface area contributed by atoms with Gasteiger partial charge < -0.3 is 9.52 Å². The highest BCUT2D eigenvalue weighted by molar-refractivity contribution is 7.10. The van der Waals surface area contributed by atoms with Crippen LogP contribution in [0.3, 0.4) is 0 Å². The number of carboxylic acid groups (broad SMARTS) is 1. The van der Waals surface area contributed by atoms with E-state index in [9.17, 15) is 9.90 Å². The number of hydrogen-bond donors (Lipinski definition) is 1. The second-order valence-electron chi connectivity index (χ2n) is 4.70. The molecule has 1 unspecified atom stereocenters. The maximum absolute atomic E-state index is 11.6. The molecule has 0 saturated carbocycles. The van der Waals surface area contributed by atoms with Gasteiger partial charge in [0.1, 0.15) is 6.04 Å². The third-order valence-corrected chi connectivity index (χ3v) is 4.45. The summed E-state index contributed by atoms with van der Waals surface area (Å²) in [4.78, 5) is 14.6. The number of aryl methyl sites for hydroxylation is 1. The van der Waals surface area contributed by atoms with Gasteiger partial charge in [-0.2, -0.15) is 0 Å². The fraction of sp³-hybridized carbons (Fsp3) is 0.462. The second kappa shape index (κ2) is 5.34. The van der Waals surface area contributed by atoms with Crippen LogP contribution in [0.25, 0.3) is 0 Å². The highest BCUT2D eigenvalue weighted by Crippen LogP contribution is 2.34.